The third-order valence-corrected chi connectivity index (χ3v) is 2.72. The lowest BCUT2D eigenvalue weighted by Crippen LogP contribution is -1.87. The molecule has 0 saturated carbocycles. The Kier molecular flexibility index (Phi) is 3.92. The number of benzene rings is 1. The number of alkyl halides is 1. The Bertz CT molecular complexity index is 511. The lowest BCUT2D eigenvalue weighted by atomic mass is 10.1. The number of halogens is 2. The maximum absolute atomic E-state index is 5.89. The van der Waals surface area contributed by atoms with Crippen LogP contribution in [0.25, 0.3) is 11.3 Å². The summed E-state index contributed by atoms with van der Waals surface area (Å²) in [5, 5.41) is 0.617. The number of nitrogens with zero attached hydrogens (tertiary/aromatic N) is 1. The van der Waals surface area contributed by atoms with Gasteiger partial charge in [0.15, 0.2) is 11.7 Å². The van der Waals surface area contributed by atoms with Crippen molar-refractivity contribution in [3.05, 3.63) is 35.3 Å². The minimum Gasteiger partial charge on any atom is -0.496 e. The molecule has 0 bridgehead atoms. The van der Waals surface area contributed by atoms with Gasteiger partial charge in [-0.05, 0) is 18.2 Å². The van der Waals surface area contributed by atoms with Crippen LogP contribution in [0.4, 0.5) is 0 Å². The van der Waals surface area contributed by atoms with Crippen LogP contribution in [0.15, 0.2) is 28.8 Å². The summed E-state index contributed by atoms with van der Waals surface area (Å²) in [6.45, 7) is 0. The van der Waals surface area contributed by atoms with Crippen LogP contribution in [0.3, 0.4) is 0 Å². The fourth-order valence-corrected chi connectivity index (χ4v) is 1.82. The Labute approximate surface area is 109 Å². The van der Waals surface area contributed by atoms with Gasteiger partial charge in [0.1, 0.15) is 5.75 Å². The number of ether oxygens (including phenoxy) is 1. The Morgan fingerprint density at radius 3 is 2.94 bits per heavy atom. The van der Waals surface area contributed by atoms with Gasteiger partial charge in [-0.1, -0.05) is 11.6 Å². The first-order chi connectivity index (χ1) is 8.24. The minimum absolute atomic E-state index is 0.484. The van der Waals surface area contributed by atoms with Crippen molar-refractivity contribution in [2.75, 3.05) is 13.0 Å². The number of hydrogen-bond acceptors (Lipinski definition) is 3. The summed E-state index contributed by atoms with van der Waals surface area (Å²) >= 11 is 11.5. The maximum Gasteiger partial charge on any atom is 0.196 e. The molecule has 0 unspecified atom stereocenters. The SMILES string of the molecule is COc1cc(Cl)ccc1-c1cnc(CCCl)o1. The molecule has 0 radical (unpaired) electrons. The zero-order valence-corrected chi connectivity index (χ0v) is 10.8. The van der Waals surface area contributed by atoms with Gasteiger partial charge in [-0.2, -0.15) is 0 Å². The van der Waals surface area contributed by atoms with Crippen molar-refractivity contribution >= 4 is 23.2 Å². The number of aromatic nitrogens is 1. The molecule has 0 N–H and O–H groups in total. The average molecular weight is 272 g/mol. The maximum atomic E-state index is 5.89. The molecular weight excluding hydrogens is 261 g/mol. The minimum atomic E-state index is 0.484. The van der Waals surface area contributed by atoms with E-state index in [0.29, 0.717) is 34.7 Å². The highest BCUT2D eigenvalue weighted by Crippen LogP contribution is 2.32. The van der Waals surface area contributed by atoms with Gasteiger partial charge < -0.3 is 9.15 Å². The van der Waals surface area contributed by atoms with E-state index in [9.17, 15) is 0 Å². The van der Waals surface area contributed by atoms with E-state index in [2.05, 4.69) is 4.98 Å². The fourth-order valence-electron chi connectivity index (χ4n) is 1.50. The molecule has 5 heteroatoms. The van der Waals surface area contributed by atoms with Crippen LogP contribution >= 0.6 is 23.2 Å². The van der Waals surface area contributed by atoms with Crippen molar-refractivity contribution in [2.45, 2.75) is 6.42 Å². The number of rotatable bonds is 4. The molecule has 0 aliphatic rings. The summed E-state index contributed by atoms with van der Waals surface area (Å²) in [5.74, 6) is 2.41. The molecule has 1 aromatic carbocycles. The third-order valence-electron chi connectivity index (χ3n) is 2.29. The van der Waals surface area contributed by atoms with Crippen molar-refractivity contribution in [3.8, 4) is 17.1 Å². The first-order valence-corrected chi connectivity index (χ1v) is 6.00. The van der Waals surface area contributed by atoms with E-state index < -0.39 is 0 Å². The van der Waals surface area contributed by atoms with Gasteiger partial charge in [0, 0.05) is 17.3 Å². The zero-order valence-electron chi connectivity index (χ0n) is 9.24. The molecular formula is C12H11Cl2NO2. The van der Waals surface area contributed by atoms with Crippen molar-refractivity contribution in [2.24, 2.45) is 0 Å². The number of aryl methyl sites for hydroxylation is 1. The van der Waals surface area contributed by atoms with Gasteiger partial charge in [0.2, 0.25) is 0 Å². The third kappa shape index (κ3) is 2.73. The first-order valence-electron chi connectivity index (χ1n) is 5.09. The average Bonchev–Trinajstić information content (AvgIpc) is 2.78. The van der Waals surface area contributed by atoms with Crippen LogP contribution in [0, 0.1) is 0 Å². The van der Waals surface area contributed by atoms with E-state index in [1.807, 2.05) is 6.07 Å². The van der Waals surface area contributed by atoms with Gasteiger partial charge in [-0.3, -0.25) is 0 Å². The van der Waals surface area contributed by atoms with Crippen LogP contribution < -0.4 is 4.74 Å². The summed E-state index contributed by atoms with van der Waals surface area (Å²) in [6.07, 6.45) is 2.27. The predicted octanol–water partition coefficient (Wildman–Crippen LogP) is 3.78. The van der Waals surface area contributed by atoms with Crippen molar-refractivity contribution in [3.63, 3.8) is 0 Å². The highest BCUT2D eigenvalue weighted by molar-refractivity contribution is 6.30. The number of hydrogen-bond donors (Lipinski definition) is 0. The molecule has 2 rings (SSSR count). The molecule has 90 valence electrons. The standard InChI is InChI=1S/C12H11Cl2NO2/c1-16-10-6-8(14)2-3-9(10)11-7-15-12(17-11)4-5-13/h2-3,6-7H,4-5H2,1H3. The molecule has 1 aromatic heterocycles. The van der Waals surface area contributed by atoms with Crippen LogP contribution in [-0.2, 0) is 6.42 Å². The van der Waals surface area contributed by atoms with E-state index in [1.54, 1.807) is 25.4 Å². The molecule has 0 spiro atoms. The molecule has 0 aliphatic heterocycles. The predicted molar refractivity (Wildman–Crippen MR) is 67.9 cm³/mol. The Morgan fingerprint density at radius 1 is 1.41 bits per heavy atom. The van der Waals surface area contributed by atoms with Crippen LogP contribution in [-0.4, -0.2) is 18.0 Å². The van der Waals surface area contributed by atoms with Gasteiger partial charge in [0.05, 0.1) is 18.9 Å². The second kappa shape index (κ2) is 5.43. The molecule has 0 atom stereocenters. The Hall–Kier alpha value is -1.19. The van der Waals surface area contributed by atoms with E-state index >= 15 is 0 Å². The Balaban J connectivity index is 2.37. The Morgan fingerprint density at radius 2 is 2.24 bits per heavy atom. The van der Waals surface area contributed by atoms with Gasteiger partial charge in [-0.25, -0.2) is 4.98 Å². The van der Waals surface area contributed by atoms with Crippen LogP contribution in [0.5, 0.6) is 5.75 Å². The van der Waals surface area contributed by atoms with Gasteiger partial charge in [0.25, 0.3) is 0 Å². The summed E-state index contributed by atoms with van der Waals surface area (Å²) in [6, 6.07) is 5.36. The normalized spacial score (nSPS) is 10.5. The smallest absolute Gasteiger partial charge is 0.196 e. The summed E-state index contributed by atoms with van der Waals surface area (Å²) in [4.78, 5) is 4.14. The highest BCUT2D eigenvalue weighted by Gasteiger charge is 2.11. The highest BCUT2D eigenvalue weighted by atomic mass is 35.5. The topological polar surface area (TPSA) is 35.3 Å². The fraction of sp³-hybridized carbons (Fsp3) is 0.250. The van der Waals surface area contributed by atoms with E-state index in [0.717, 1.165) is 5.56 Å². The van der Waals surface area contributed by atoms with E-state index in [1.165, 1.54) is 0 Å². The second-order valence-corrected chi connectivity index (χ2v) is 4.22. The lowest BCUT2D eigenvalue weighted by Gasteiger charge is -2.05. The molecule has 17 heavy (non-hydrogen) atoms. The van der Waals surface area contributed by atoms with E-state index in [-0.39, 0.29) is 0 Å². The quantitative estimate of drug-likeness (QED) is 0.794. The van der Waals surface area contributed by atoms with Crippen molar-refractivity contribution < 1.29 is 9.15 Å². The largest absolute Gasteiger partial charge is 0.496 e. The van der Waals surface area contributed by atoms with Crippen molar-refractivity contribution in [1.82, 2.24) is 4.98 Å². The molecule has 0 fully saturated rings. The molecule has 3 nitrogen and oxygen atoms in total. The van der Waals surface area contributed by atoms with Gasteiger partial charge in [-0.15, -0.1) is 11.6 Å². The summed E-state index contributed by atoms with van der Waals surface area (Å²) in [7, 11) is 1.59. The van der Waals surface area contributed by atoms with Crippen LogP contribution in [0.1, 0.15) is 5.89 Å². The van der Waals surface area contributed by atoms with Gasteiger partial charge >= 0.3 is 0 Å². The number of methoxy groups -OCH3 is 1. The first kappa shape index (κ1) is 12.3. The summed E-state index contributed by atoms with van der Waals surface area (Å²) < 4.78 is 10.8. The second-order valence-electron chi connectivity index (χ2n) is 3.40. The zero-order chi connectivity index (χ0) is 12.3. The number of oxazole rings is 1. The summed E-state index contributed by atoms with van der Waals surface area (Å²) in [5.41, 5.74) is 0.824. The van der Waals surface area contributed by atoms with E-state index in [4.69, 9.17) is 32.4 Å². The molecule has 0 amide bonds. The molecule has 0 saturated heterocycles. The molecule has 2 aromatic rings. The van der Waals surface area contributed by atoms with Crippen LogP contribution in [0.2, 0.25) is 5.02 Å². The molecule has 0 aliphatic carbocycles. The molecule has 1 heterocycles. The van der Waals surface area contributed by atoms with Crippen molar-refractivity contribution in [1.29, 1.82) is 0 Å². The monoisotopic (exact) mass is 271 g/mol. The lowest BCUT2D eigenvalue weighted by molar-refractivity contribution is 0.414.